The lowest BCUT2D eigenvalue weighted by molar-refractivity contribution is 0.0514. The minimum Gasteiger partial charge on any atom is -0.442 e. The standard InChI is InChI=1S/C17H20ClN5O2/c1-17(2,3)25-16(24)23-11-13(10-21-23)12-4-6-14(7-5-12)22-15(19)8-9-20-18/h4-11,20H,1-3H3,(H2,19,22)/b9-8-. The van der Waals surface area contributed by atoms with Crippen LogP contribution in [-0.4, -0.2) is 27.3 Å². The number of rotatable bonds is 4. The van der Waals surface area contributed by atoms with Gasteiger partial charge < -0.3 is 15.3 Å². The fraction of sp³-hybridized carbons (Fsp3) is 0.235. The van der Waals surface area contributed by atoms with Crippen molar-refractivity contribution < 1.29 is 9.53 Å². The summed E-state index contributed by atoms with van der Waals surface area (Å²) in [6.07, 6.45) is 5.72. The number of nitrogens with two attached hydrogens (primary N) is 1. The molecule has 0 atom stereocenters. The highest BCUT2D eigenvalue weighted by molar-refractivity contribution is 6.14. The Balaban J connectivity index is 2.13. The van der Waals surface area contributed by atoms with E-state index in [1.807, 2.05) is 24.3 Å². The van der Waals surface area contributed by atoms with E-state index in [1.54, 1.807) is 39.2 Å². The van der Waals surface area contributed by atoms with Gasteiger partial charge in [0.05, 0.1) is 11.9 Å². The van der Waals surface area contributed by atoms with Crippen LogP contribution in [0.15, 0.2) is 53.9 Å². The molecular formula is C17H20ClN5O2. The Bertz CT molecular complexity index is 788. The number of carbonyl (C=O) groups excluding carboxylic acids is 1. The molecule has 1 heterocycles. The Kier molecular flexibility index (Phi) is 5.82. The Morgan fingerprint density at radius 2 is 2.00 bits per heavy atom. The van der Waals surface area contributed by atoms with Crippen molar-refractivity contribution >= 4 is 29.4 Å². The second kappa shape index (κ2) is 7.85. The third-order valence-corrected chi connectivity index (χ3v) is 3.07. The maximum absolute atomic E-state index is 12.0. The average Bonchev–Trinajstić information content (AvgIpc) is 3.02. The number of ether oxygens (including phenoxy) is 1. The summed E-state index contributed by atoms with van der Waals surface area (Å²) in [5, 5.41) is 4.05. The number of halogens is 1. The van der Waals surface area contributed by atoms with Crippen molar-refractivity contribution in [2.45, 2.75) is 26.4 Å². The molecule has 2 aromatic rings. The van der Waals surface area contributed by atoms with E-state index in [0.29, 0.717) is 11.5 Å². The Labute approximate surface area is 151 Å². The van der Waals surface area contributed by atoms with Crippen molar-refractivity contribution in [1.29, 1.82) is 0 Å². The number of carbonyl (C=O) groups is 1. The summed E-state index contributed by atoms with van der Waals surface area (Å²) in [4.78, 5) is 18.5. The second-order valence-electron chi connectivity index (χ2n) is 6.18. The molecule has 3 N–H and O–H groups in total. The number of hydrogen-bond acceptors (Lipinski definition) is 5. The minimum atomic E-state index is -0.573. The molecule has 0 unspecified atom stereocenters. The maximum Gasteiger partial charge on any atom is 0.435 e. The average molecular weight is 362 g/mol. The minimum absolute atomic E-state index is 0.318. The molecule has 7 nitrogen and oxygen atoms in total. The van der Waals surface area contributed by atoms with Crippen LogP contribution in [0.2, 0.25) is 0 Å². The van der Waals surface area contributed by atoms with E-state index < -0.39 is 11.7 Å². The van der Waals surface area contributed by atoms with E-state index in [0.717, 1.165) is 11.1 Å². The molecule has 0 saturated carbocycles. The zero-order valence-corrected chi connectivity index (χ0v) is 15.0. The summed E-state index contributed by atoms with van der Waals surface area (Å²) in [6.45, 7) is 5.41. The summed E-state index contributed by atoms with van der Waals surface area (Å²) in [5.41, 5.74) is 7.54. The maximum atomic E-state index is 12.0. The van der Waals surface area contributed by atoms with Crippen molar-refractivity contribution in [2.24, 2.45) is 10.7 Å². The number of aliphatic imine (C=N–C) groups is 1. The third kappa shape index (κ3) is 5.65. The van der Waals surface area contributed by atoms with E-state index in [4.69, 9.17) is 22.2 Å². The molecular weight excluding hydrogens is 342 g/mol. The highest BCUT2D eigenvalue weighted by Crippen LogP contribution is 2.22. The van der Waals surface area contributed by atoms with Crippen LogP contribution in [0.5, 0.6) is 0 Å². The molecule has 25 heavy (non-hydrogen) atoms. The molecule has 0 aliphatic heterocycles. The smallest absolute Gasteiger partial charge is 0.435 e. The highest BCUT2D eigenvalue weighted by atomic mass is 35.5. The van der Waals surface area contributed by atoms with Gasteiger partial charge in [0.2, 0.25) is 0 Å². The zero-order valence-electron chi connectivity index (χ0n) is 14.2. The summed E-state index contributed by atoms with van der Waals surface area (Å²) >= 11 is 5.31. The normalized spacial score (nSPS) is 12.4. The third-order valence-electron chi connectivity index (χ3n) is 2.94. The molecule has 0 amide bonds. The van der Waals surface area contributed by atoms with Gasteiger partial charge in [0.25, 0.3) is 0 Å². The van der Waals surface area contributed by atoms with Crippen LogP contribution in [0.1, 0.15) is 20.8 Å². The quantitative estimate of drug-likeness (QED) is 0.493. The van der Waals surface area contributed by atoms with Crippen molar-refractivity contribution in [3.05, 3.63) is 48.9 Å². The van der Waals surface area contributed by atoms with E-state index in [-0.39, 0.29) is 0 Å². The molecule has 0 aliphatic carbocycles. The largest absolute Gasteiger partial charge is 0.442 e. The SMILES string of the molecule is CC(C)(C)OC(=O)n1cc(-c2ccc(N=C(N)/C=C\NCl)cc2)cn1. The Morgan fingerprint density at radius 1 is 1.32 bits per heavy atom. The zero-order chi connectivity index (χ0) is 18.4. The molecule has 1 aromatic carbocycles. The molecule has 0 aliphatic rings. The van der Waals surface area contributed by atoms with Crippen molar-refractivity contribution in [3.8, 4) is 11.1 Å². The van der Waals surface area contributed by atoms with Gasteiger partial charge in [-0.15, -0.1) is 0 Å². The number of aromatic nitrogens is 2. The number of benzene rings is 1. The van der Waals surface area contributed by atoms with Gasteiger partial charge in [-0.1, -0.05) is 12.1 Å². The molecule has 0 bridgehead atoms. The van der Waals surface area contributed by atoms with Gasteiger partial charge >= 0.3 is 6.09 Å². The van der Waals surface area contributed by atoms with Crippen LogP contribution < -0.4 is 10.6 Å². The number of hydrogen-bond donors (Lipinski definition) is 2. The molecule has 0 radical (unpaired) electrons. The first kappa shape index (κ1) is 18.5. The topological polar surface area (TPSA) is 94.5 Å². The summed E-state index contributed by atoms with van der Waals surface area (Å²) in [7, 11) is 0. The van der Waals surface area contributed by atoms with Gasteiger partial charge in [-0.05, 0) is 44.5 Å². The lowest BCUT2D eigenvalue weighted by Gasteiger charge is -2.18. The van der Waals surface area contributed by atoms with Crippen LogP contribution in [0, 0.1) is 0 Å². The number of nitrogens with one attached hydrogen (secondary N) is 1. The molecule has 8 heteroatoms. The Hall–Kier alpha value is -2.80. The fourth-order valence-electron chi connectivity index (χ4n) is 1.91. The van der Waals surface area contributed by atoms with Gasteiger partial charge in [-0.25, -0.2) is 9.79 Å². The lowest BCUT2D eigenvalue weighted by atomic mass is 10.1. The molecule has 132 valence electrons. The van der Waals surface area contributed by atoms with Gasteiger partial charge in [-0.3, -0.25) is 0 Å². The second-order valence-corrected chi connectivity index (χ2v) is 6.40. The van der Waals surface area contributed by atoms with Crippen LogP contribution in [-0.2, 0) is 4.74 Å². The summed E-state index contributed by atoms with van der Waals surface area (Å²) in [5.74, 6) is 0.318. The van der Waals surface area contributed by atoms with Gasteiger partial charge in [0.15, 0.2) is 0 Å². The van der Waals surface area contributed by atoms with E-state index >= 15 is 0 Å². The van der Waals surface area contributed by atoms with Crippen molar-refractivity contribution in [1.82, 2.24) is 14.6 Å². The monoisotopic (exact) mass is 361 g/mol. The first-order valence-electron chi connectivity index (χ1n) is 7.54. The predicted molar refractivity (Wildman–Crippen MR) is 98.7 cm³/mol. The summed E-state index contributed by atoms with van der Waals surface area (Å²) in [6, 6.07) is 7.36. The van der Waals surface area contributed by atoms with Crippen LogP contribution in [0.4, 0.5) is 10.5 Å². The van der Waals surface area contributed by atoms with Gasteiger partial charge in [0, 0.05) is 29.7 Å². The predicted octanol–water partition coefficient (Wildman–Crippen LogP) is 3.58. The first-order chi connectivity index (χ1) is 11.8. The van der Waals surface area contributed by atoms with Crippen LogP contribution in [0.3, 0.4) is 0 Å². The molecule has 2 rings (SSSR count). The number of nitrogens with zero attached hydrogens (tertiary/aromatic N) is 3. The molecule has 0 fully saturated rings. The van der Waals surface area contributed by atoms with E-state index in [9.17, 15) is 4.79 Å². The van der Waals surface area contributed by atoms with E-state index in [1.165, 1.54) is 10.9 Å². The Morgan fingerprint density at radius 3 is 2.60 bits per heavy atom. The van der Waals surface area contributed by atoms with Gasteiger partial charge in [0.1, 0.15) is 11.4 Å². The molecule has 0 saturated heterocycles. The first-order valence-corrected chi connectivity index (χ1v) is 7.91. The van der Waals surface area contributed by atoms with Gasteiger partial charge in [-0.2, -0.15) is 9.78 Å². The molecule has 1 aromatic heterocycles. The summed E-state index contributed by atoms with van der Waals surface area (Å²) < 4.78 is 6.45. The fourth-order valence-corrected chi connectivity index (χ4v) is 1.98. The van der Waals surface area contributed by atoms with E-state index in [2.05, 4.69) is 14.9 Å². The van der Waals surface area contributed by atoms with Crippen molar-refractivity contribution in [3.63, 3.8) is 0 Å². The lowest BCUT2D eigenvalue weighted by Crippen LogP contribution is -2.27. The van der Waals surface area contributed by atoms with Crippen molar-refractivity contribution in [2.75, 3.05) is 0 Å². The van der Waals surface area contributed by atoms with Crippen LogP contribution >= 0.6 is 11.8 Å². The highest BCUT2D eigenvalue weighted by Gasteiger charge is 2.18. The molecule has 0 spiro atoms. The van der Waals surface area contributed by atoms with Crippen LogP contribution in [0.25, 0.3) is 11.1 Å². The number of amidine groups is 1.